The topological polar surface area (TPSA) is 189 Å². The average molecular weight is 1030 g/mol. The van der Waals surface area contributed by atoms with Crippen molar-refractivity contribution in [3.05, 3.63) is 57.6 Å². The summed E-state index contributed by atoms with van der Waals surface area (Å²) in [5.74, 6) is 0.392. The first-order valence-corrected chi connectivity index (χ1v) is 29.4. The third-order valence-electron chi connectivity index (χ3n) is 11.3. The number of aromatic hydroxyl groups is 1. The van der Waals surface area contributed by atoms with Crippen molar-refractivity contribution in [2.24, 2.45) is 0 Å². The van der Waals surface area contributed by atoms with Gasteiger partial charge < -0.3 is 69.8 Å². The van der Waals surface area contributed by atoms with Crippen molar-refractivity contribution in [2.45, 2.75) is 123 Å². The molecule has 17 nitrogen and oxygen atoms in total. The number of carbonyl (C=O) groups excluding carboxylic acids is 2. The summed E-state index contributed by atoms with van der Waals surface area (Å²) in [5.41, 5.74) is 5.37. The van der Waals surface area contributed by atoms with Crippen molar-refractivity contribution in [1.82, 2.24) is 10.6 Å². The van der Waals surface area contributed by atoms with Gasteiger partial charge in [0, 0.05) is 114 Å². The molecule has 0 aliphatic carbocycles. The summed E-state index contributed by atoms with van der Waals surface area (Å²) in [4.78, 5) is 24.3. The molecule has 0 fully saturated rings. The minimum Gasteiger partial charge on any atom is -0.507 e. The fourth-order valence-corrected chi connectivity index (χ4v) is 12.0. The molecule has 0 radical (unpaired) electrons. The van der Waals surface area contributed by atoms with Gasteiger partial charge in [-0.15, -0.1) is 0 Å². The van der Waals surface area contributed by atoms with E-state index in [-0.39, 0.29) is 29.2 Å². The van der Waals surface area contributed by atoms with Crippen molar-refractivity contribution in [3.8, 4) is 11.5 Å². The first kappa shape index (κ1) is 66.4. The summed E-state index contributed by atoms with van der Waals surface area (Å²) in [6.45, 7) is 22.1. The van der Waals surface area contributed by atoms with Crippen LogP contribution in [-0.2, 0) is 76.1 Å². The van der Waals surface area contributed by atoms with Gasteiger partial charge in [0.05, 0.1) is 19.4 Å². The molecule has 69 heavy (non-hydrogen) atoms. The van der Waals surface area contributed by atoms with Crippen LogP contribution in [0.4, 0.5) is 0 Å². The number of methoxy groups -OCH3 is 1. The number of aryl methyl sites for hydroxylation is 2. The molecule has 0 aliphatic rings. The Balaban J connectivity index is 0.00000132. The summed E-state index contributed by atoms with van der Waals surface area (Å²) in [6, 6.07) is 10.5. The van der Waals surface area contributed by atoms with Crippen LogP contribution in [0, 0.1) is 13.8 Å². The summed E-state index contributed by atoms with van der Waals surface area (Å²) < 4.78 is 63.4. The van der Waals surface area contributed by atoms with Gasteiger partial charge in [-0.1, -0.05) is 83.9 Å². The molecule has 400 valence electrons. The van der Waals surface area contributed by atoms with Gasteiger partial charge in [-0.05, 0) is 67.3 Å². The van der Waals surface area contributed by atoms with E-state index in [4.69, 9.17) is 54.0 Å². The molecule has 2 aromatic carbocycles. The van der Waals surface area contributed by atoms with E-state index in [0.717, 1.165) is 64.9 Å². The predicted molar refractivity (Wildman–Crippen MR) is 277 cm³/mol. The van der Waals surface area contributed by atoms with Crippen LogP contribution in [0.2, 0.25) is 18.1 Å². The second-order valence-corrected chi connectivity index (χ2v) is 27.9. The lowest BCUT2D eigenvalue weighted by atomic mass is 9.81. The zero-order valence-electron chi connectivity index (χ0n) is 45.9. The normalized spacial score (nSPS) is 12.2. The number of rotatable bonds is 30. The largest absolute Gasteiger partial charge is 0.507 e. The number of esters is 2. The molecule has 2 aromatic rings. The first-order valence-electron chi connectivity index (χ1n) is 23.6. The molecule has 0 heterocycles. The van der Waals surface area contributed by atoms with Crippen molar-refractivity contribution >= 4 is 38.4 Å². The number of phenols is 1. The Bertz CT molecular complexity index is 1710. The number of hydrogen-bond acceptors (Lipinski definition) is 17. The number of benzene rings is 2. The minimum absolute atomic E-state index is 0.198. The van der Waals surface area contributed by atoms with Crippen molar-refractivity contribution < 1.29 is 68.7 Å². The Hall–Kier alpha value is -2.65. The second-order valence-electron chi connectivity index (χ2n) is 18.4. The van der Waals surface area contributed by atoms with Crippen LogP contribution >= 0.6 is 0 Å². The zero-order chi connectivity index (χ0) is 52.9. The highest BCUT2D eigenvalue weighted by Gasteiger charge is 2.38. The molecular formula is C49H92N2O15Si3. The molecule has 0 aromatic heterocycles. The first-order chi connectivity index (χ1) is 32.4. The van der Waals surface area contributed by atoms with Crippen LogP contribution in [0.25, 0.3) is 0 Å². The molecular weight excluding hydrogens is 941 g/mol. The highest BCUT2D eigenvalue weighted by molar-refractivity contribution is 6.61. The molecule has 0 bridgehead atoms. The summed E-state index contributed by atoms with van der Waals surface area (Å²) in [5, 5.41) is 17.7. The Kier molecular flexibility index (Phi) is 32.6. The summed E-state index contributed by atoms with van der Waals surface area (Å²) in [7, 11) is 8.79. The minimum atomic E-state index is -2.59. The van der Waals surface area contributed by atoms with E-state index in [1.807, 2.05) is 26.0 Å². The van der Waals surface area contributed by atoms with E-state index in [1.165, 1.54) is 0 Å². The smallest absolute Gasteiger partial charge is 0.500 e. The maximum Gasteiger partial charge on any atom is 0.500 e. The van der Waals surface area contributed by atoms with Gasteiger partial charge in [-0.2, -0.15) is 0 Å². The number of ether oxygens (including phenoxy) is 3. The fraction of sp³-hybridized carbons (Fsp3) is 0.714. The van der Waals surface area contributed by atoms with E-state index in [1.54, 1.807) is 71.1 Å². The van der Waals surface area contributed by atoms with Crippen LogP contribution < -0.4 is 15.4 Å². The van der Waals surface area contributed by atoms with Gasteiger partial charge in [0.25, 0.3) is 0 Å². The van der Waals surface area contributed by atoms with E-state index in [2.05, 4.69) is 71.2 Å². The van der Waals surface area contributed by atoms with E-state index in [0.29, 0.717) is 63.2 Å². The van der Waals surface area contributed by atoms with E-state index >= 15 is 0 Å². The number of hydrogen-bond donors (Lipinski definition) is 3. The van der Waals surface area contributed by atoms with Crippen LogP contribution in [0.5, 0.6) is 11.5 Å². The summed E-state index contributed by atoms with van der Waals surface area (Å²) in [6.07, 6.45) is 2.73. The van der Waals surface area contributed by atoms with E-state index < -0.39 is 26.4 Å². The van der Waals surface area contributed by atoms with Gasteiger partial charge in [0.1, 0.15) is 18.1 Å². The molecule has 0 aliphatic heterocycles. The summed E-state index contributed by atoms with van der Waals surface area (Å²) >= 11 is 0. The number of nitrogens with one attached hydrogen (secondary N) is 2. The Labute approximate surface area is 419 Å². The maximum absolute atomic E-state index is 13.1. The maximum atomic E-state index is 13.1. The SMILES string of the molecule is CC[Si](OC)(OC)OC.COCCOC(=O)CCNCCC[Si](OC)(OC)OC.CO[Si](CCCNCCC(=O)Oc1c(Cc2cc(C)cc(C(C)(C)C)c2O)cc(C)cc1C(C)(C)C)(OC)OC. The zero-order valence-corrected chi connectivity index (χ0v) is 48.9. The fourth-order valence-electron chi connectivity index (χ4n) is 7.18. The molecule has 0 spiro atoms. The molecule has 0 unspecified atom stereocenters. The highest BCUT2D eigenvalue weighted by Crippen LogP contribution is 2.40. The quantitative estimate of drug-likeness (QED) is 0.0299. The monoisotopic (exact) mass is 1030 g/mol. The predicted octanol–water partition coefficient (Wildman–Crippen LogP) is 7.66. The standard InChI is InChI=1S/C32H51NO6Si.C12H27NO6Si.C5H14O3Si/c1-22-17-24(29(35)26(19-22)31(3,4)5)21-25-18-23(2)20-27(32(6,7)8)30(25)39-28(34)13-15-33-14-12-16-40(36-9,37-10)38-11;1-15-9-10-19-12(14)6-8-13-7-5-11-20(16-2,17-3)18-4;1-5-9(6-2,7-3)8-4/h17-20,33,35H,12-16,21H2,1-11H3;13H,5-11H2,1-4H3;5H2,1-4H3. The Morgan fingerprint density at radius 2 is 0.957 bits per heavy atom. The van der Waals surface area contributed by atoms with Crippen molar-refractivity contribution in [3.63, 3.8) is 0 Å². The van der Waals surface area contributed by atoms with Crippen LogP contribution in [0.15, 0.2) is 24.3 Å². The van der Waals surface area contributed by atoms with Gasteiger partial charge in [0.15, 0.2) is 0 Å². The van der Waals surface area contributed by atoms with Gasteiger partial charge in [-0.3, -0.25) is 9.59 Å². The third-order valence-corrected chi connectivity index (χ3v) is 19.7. The molecule has 0 amide bonds. The third kappa shape index (κ3) is 24.1. The molecule has 0 saturated heterocycles. The molecule has 0 atom stereocenters. The highest BCUT2D eigenvalue weighted by atomic mass is 28.4. The lowest BCUT2D eigenvalue weighted by Crippen LogP contribution is -2.43. The molecule has 0 saturated carbocycles. The van der Waals surface area contributed by atoms with E-state index in [9.17, 15) is 14.7 Å². The van der Waals surface area contributed by atoms with Crippen molar-refractivity contribution in [1.29, 1.82) is 0 Å². The lowest BCUT2D eigenvalue weighted by molar-refractivity contribution is -0.144. The molecule has 3 N–H and O–H groups in total. The second kappa shape index (κ2) is 33.9. The Morgan fingerprint density at radius 3 is 1.33 bits per heavy atom. The van der Waals surface area contributed by atoms with Gasteiger partial charge in [-0.25, -0.2) is 0 Å². The van der Waals surface area contributed by atoms with Crippen LogP contribution in [0.3, 0.4) is 0 Å². The average Bonchev–Trinajstić information content (AvgIpc) is 3.31. The molecule has 20 heteroatoms. The van der Waals surface area contributed by atoms with Crippen LogP contribution in [-0.4, -0.2) is 154 Å². The molecule has 2 rings (SSSR count). The Morgan fingerprint density at radius 1 is 0.551 bits per heavy atom. The van der Waals surface area contributed by atoms with Gasteiger partial charge in [0.2, 0.25) is 0 Å². The lowest BCUT2D eigenvalue weighted by Gasteiger charge is -2.26. The number of carbonyl (C=O) groups is 2. The van der Waals surface area contributed by atoms with Gasteiger partial charge >= 0.3 is 38.4 Å². The van der Waals surface area contributed by atoms with Crippen LogP contribution in [0.1, 0.15) is 108 Å². The number of phenolic OH excluding ortho intramolecular Hbond substituents is 1. The van der Waals surface area contributed by atoms with Crippen molar-refractivity contribution in [2.75, 3.05) is 110 Å².